The van der Waals surface area contributed by atoms with Crippen molar-refractivity contribution in [3.05, 3.63) is 47.8 Å². The second-order valence-corrected chi connectivity index (χ2v) is 4.05. The van der Waals surface area contributed by atoms with Crippen LogP contribution in [0.2, 0.25) is 0 Å². The zero-order valence-corrected chi connectivity index (χ0v) is 10.3. The summed E-state index contributed by atoms with van der Waals surface area (Å²) >= 11 is 0. The lowest BCUT2D eigenvalue weighted by Crippen LogP contribution is -2.19. The summed E-state index contributed by atoms with van der Waals surface area (Å²) in [6, 6.07) is 9.03. The molecule has 0 saturated carbocycles. The number of benzene rings is 1. The summed E-state index contributed by atoms with van der Waals surface area (Å²) in [6.07, 6.45) is 1.35. The molecular weight excluding hydrogens is 246 g/mol. The van der Waals surface area contributed by atoms with Crippen molar-refractivity contribution in [3.63, 3.8) is 0 Å². The molecule has 98 valence electrons. The van der Waals surface area contributed by atoms with Gasteiger partial charge in [-0.1, -0.05) is 18.2 Å². The Balaban J connectivity index is 2.03. The lowest BCUT2D eigenvalue weighted by atomic mass is 10.3. The highest BCUT2D eigenvalue weighted by atomic mass is 16.4. The highest BCUT2D eigenvalue weighted by Gasteiger charge is 2.13. The third-order valence-corrected chi connectivity index (χ3v) is 2.54. The first-order valence-corrected chi connectivity index (χ1v) is 5.68. The number of carbonyl (C=O) groups excluding carboxylic acids is 1. The fourth-order valence-electron chi connectivity index (χ4n) is 1.68. The number of aryl methyl sites for hydroxylation is 1. The minimum atomic E-state index is -1.05. The van der Waals surface area contributed by atoms with Crippen molar-refractivity contribution in [1.29, 1.82) is 0 Å². The molecule has 1 heterocycles. The van der Waals surface area contributed by atoms with Crippen LogP contribution in [-0.4, -0.2) is 26.8 Å². The fourth-order valence-corrected chi connectivity index (χ4v) is 1.68. The maximum Gasteiger partial charge on any atom is 0.339 e. The van der Waals surface area contributed by atoms with Crippen LogP contribution in [0.4, 0.5) is 5.69 Å². The molecule has 0 aliphatic rings. The maximum atomic E-state index is 11.8. The average molecular weight is 259 g/mol. The van der Waals surface area contributed by atoms with Crippen molar-refractivity contribution in [2.75, 3.05) is 5.32 Å². The number of carbonyl (C=O) groups is 2. The van der Waals surface area contributed by atoms with Crippen molar-refractivity contribution in [2.24, 2.45) is 0 Å². The molecule has 0 aliphatic carbocycles. The summed E-state index contributed by atoms with van der Waals surface area (Å²) in [6.45, 7) is 1.57. The van der Waals surface area contributed by atoms with E-state index in [9.17, 15) is 9.59 Å². The van der Waals surface area contributed by atoms with Crippen LogP contribution in [-0.2, 0) is 11.3 Å². The van der Waals surface area contributed by atoms with Crippen LogP contribution in [0, 0.1) is 6.92 Å². The van der Waals surface area contributed by atoms with E-state index >= 15 is 0 Å². The van der Waals surface area contributed by atoms with Crippen LogP contribution in [0.5, 0.6) is 0 Å². The van der Waals surface area contributed by atoms with Gasteiger partial charge in [0, 0.05) is 11.9 Å². The van der Waals surface area contributed by atoms with E-state index < -0.39 is 5.97 Å². The molecule has 1 aromatic carbocycles. The molecule has 6 nitrogen and oxygen atoms in total. The number of hydrogen-bond acceptors (Lipinski definition) is 3. The van der Waals surface area contributed by atoms with Gasteiger partial charge in [-0.25, -0.2) is 4.79 Å². The van der Waals surface area contributed by atoms with Crippen molar-refractivity contribution in [1.82, 2.24) is 9.78 Å². The first-order valence-electron chi connectivity index (χ1n) is 5.68. The van der Waals surface area contributed by atoms with E-state index in [4.69, 9.17) is 5.11 Å². The standard InChI is InChI=1S/C13H13N3O3/c1-9-11(13(18)19)7-16(15-9)8-12(17)14-10-5-3-2-4-6-10/h2-7H,8H2,1H3,(H,14,17)(H,18,19). The Bertz CT molecular complexity index is 605. The highest BCUT2D eigenvalue weighted by Crippen LogP contribution is 2.07. The Hall–Kier alpha value is -2.63. The van der Waals surface area contributed by atoms with Crippen LogP contribution in [0.3, 0.4) is 0 Å². The third kappa shape index (κ3) is 3.19. The van der Waals surface area contributed by atoms with Crippen molar-refractivity contribution < 1.29 is 14.7 Å². The summed E-state index contributed by atoms with van der Waals surface area (Å²) in [7, 11) is 0. The molecule has 0 aliphatic heterocycles. The second kappa shape index (κ2) is 5.34. The molecule has 0 saturated heterocycles. The molecule has 0 radical (unpaired) electrons. The zero-order valence-electron chi connectivity index (χ0n) is 10.3. The van der Waals surface area contributed by atoms with Crippen molar-refractivity contribution >= 4 is 17.6 Å². The maximum absolute atomic E-state index is 11.8. The van der Waals surface area contributed by atoms with Gasteiger partial charge in [0.15, 0.2) is 0 Å². The zero-order chi connectivity index (χ0) is 13.8. The van der Waals surface area contributed by atoms with E-state index in [1.54, 1.807) is 19.1 Å². The number of aromatic carboxylic acids is 1. The SMILES string of the molecule is Cc1nn(CC(=O)Nc2ccccc2)cc1C(=O)O. The summed E-state index contributed by atoms with van der Waals surface area (Å²) < 4.78 is 1.32. The third-order valence-electron chi connectivity index (χ3n) is 2.54. The topological polar surface area (TPSA) is 84.2 Å². The molecular formula is C13H13N3O3. The van der Waals surface area contributed by atoms with Crippen LogP contribution in [0.15, 0.2) is 36.5 Å². The number of amides is 1. The van der Waals surface area contributed by atoms with Crippen LogP contribution in [0.1, 0.15) is 16.1 Å². The first-order chi connectivity index (χ1) is 9.06. The summed E-state index contributed by atoms with van der Waals surface area (Å²) in [5.41, 5.74) is 1.18. The average Bonchev–Trinajstić information content (AvgIpc) is 2.71. The van der Waals surface area contributed by atoms with Gasteiger partial charge < -0.3 is 10.4 Å². The number of rotatable bonds is 4. The van der Waals surface area contributed by atoms with E-state index in [2.05, 4.69) is 10.4 Å². The predicted octanol–water partition coefficient (Wildman–Crippen LogP) is 1.53. The molecule has 19 heavy (non-hydrogen) atoms. The minimum absolute atomic E-state index is 0.0248. The van der Waals surface area contributed by atoms with Gasteiger partial charge in [0.1, 0.15) is 12.1 Å². The molecule has 2 N–H and O–H groups in total. The molecule has 6 heteroatoms. The number of carboxylic acid groups (broad SMARTS) is 1. The molecule has 0 atom stereocenters. The number of nitrogens with zero attached hydrogens (tertiary/aromatic N) is 2. The molecule has 1 aromatic heterocycles. The monoisotopic (exact) mass is 259 g/mol. The summed E-state index contributed by atoms with van der Waals surface area (Å²) in [5, 5.41) is 15.6. The fraction of sp³-hybridized carbons (Fsp3) is 0.154. The van der Waals surface area contributed by atoms with E-state index in [0.717, 1.165) is 0 Å². The van der Waals surface area contributed by atoms with Gasteiger partial charge >= 0.3 is 5.97 Å². The number of para-hydroxylation sites is 1. The number of nitrogens with one attached hydrogen (secondary N) is 1. The number of anilines is 1. The van der Waals surface area contributed by atoms with Crippen LogP contribution < -0.4 is 5.32 Å². The van der Waals surface area contributed by atoms with Gasteiger partial charge in [-0.2, -0.15) is 5.10 Å². The normalized spacial score (nSPS) is 10.2. The second-order valence-electron chi connectivity index (χ2n) is 4.05. The lowest BCUT2D eigenvalue weighted by Gasteiger charge is -2.04. The van der Waals surface area contributed by atoms with Gasteiger partial charge in [-0.3, -0.25) is 9.48 Å². The summed E-state index contributed by atoms with van der Waals surface area (Å²) in [5.74, 6) is -1.31. The van der Waals surface area contributed by atoms with E-state index in [1.807, 2.05) is 18.2 Å². The van der Waals surface area contributed by atoms with Crippen LogP contribution >= 0.6 is 0 Å². The van der Waals surface area contributed by atoms with E-state index in [-0.39, 0.29) is 18.0 Å². The number of carboxylic acids is 1. The van der Waals surface area contributed by atoms with Gasteiger partial charge in [-0.15, -0.1) is 0 Å². The largest absolute Gasteiger partial charge is 0.478 e. The Morgan fingerprint density at radius 3 is 2.58 bits per heavy atom. The Morgan fingerprint density at radius 2 is 2.00 bits per heavy atom. The quantitative estimate of drug-likeness (QED) is 0.872. The number of aromatic nitrogens is 2. The Kier molecular flexibility index (Phi) is 3.61. The van der Waals surface area contributed by atoms with E-state index in [0.29, 0.717) is 11.4 Å². The number of hydrogen-bond donors (Lipinski definition) is 2. The lowest BCUT2D eigenvalue weighted by molar-refractivity contribution is -0.116. The molecule has 0 bridgehead atoms. The highest BCUT2D eigenvalue weighted by molar-refractivity contribution is 5.91. The molecule has 1 amide bonds. The van der Waals surface area contributed by atoms with Gasteiger partial charge in [0.05, 0.1) is 5.69 Å². The molecule has 0 spiro atoms. The molecule has 0 fully saturated rings. The Morgan fingerprint density at radius 1 is 1.32 bits per heavy atom. The van der Waals surface area contributed by atoms with E-state index in [1.165, 1.54) is 10.9 Å². The Labute approximate surface area is 109 Å². The van der Waals surface area contributed by atoms with Crippen LogP contribution in [0.25, 0.3) is 0 Å². The molecule has 2 aromatic rings. The first kappa shape index (κ1) is 12.8. The van der Waals surface area contributed by atoms with Crippen molar-refractivity contribution in [2.45, 2.75) is 13.5 Å². The smallest absolute Gasteiger partial charge is 0.339 e. The van der Waals surface area contributed by atoms with Gasteiger partial charge in [-0.05, 0) is 19.1 Å². The van der Waals surface area contributed by atoms with Gasteiger partial charge in [0.2, 0.25) is 5.91 Å². The summed E-state index contributed by atoms with van der Waals surface area (Å²) in [4.78, 5) is 22.6. The van der Waals surface area contributed by atoms with Gasteiger partial charge in [0.25, 0.3) is 0 Å². The predicted molar refractivity (Wildman–Crippen MR) is 69.0 cm³/mol. The molecule has 2 rings (SSSR count). The minimum Gasteiger partial charge on any atom is -0.478 e. The molecule has 0 unspecified atom stereocenters. The van der Waals surface area contributed by atoms with Crippen molar-refractivity contribution in [3.8, 4) is 0 Å².